The summed E-state index contributed by atoms with van der Waals surface area (Å²) in [5, 5.41) is 0. The van der Waals surface area contributed by atoms with Gasteiger partial charge in [0.05, 0.1) is 0 Å². The molecule has 3 heteroatoms. The number of benzene rings is 3. The zero-order valence-corrected chi connectivity index (χ0v) is 18.3. The van der Waals surface area contributed by atoms with Gasteiger partial charge in [-0.3, -0.25) is 0 Å². The summed E-state index contributed by atoms with van der Waals surface area (Å²) in [4.78, 5) is 5.05. The number of hydrogen-bond donors (Lipinski definition) is 1. The van der Waals surface area contributed by atoms with Crippen molar-refractivity contribution in [1.82, 2.24) is 0 Å². The molecule has 0 radical (unpaired) electrons. The Bertz CT molecular complexity index is 892. The van der Waals surface area contributed by atoms with Crippen LogP contribution in [0.15, 0.2) is 78.9 Å². The Morgan fingerprint density at radius 3 is 1.32 bits per heavy atom. The summed E-state index contributed by atoms with van der Waals surface area (Å²) in [6, 6.07) is 28.6. The summed E-state index contributed by atoms with van der Waals surface area (Å²) in [6.07, 6.45) is 4.82. The van der Waals surface area contributed by atoms with Gasteiger partial charge >= 0.3 is 0 Å². The Balaban J connectivity index is 1.24. The van der Waals surface area contributed by atoms with Crippen LogP contribution < -0.4 is 15.5 Å². The van der Waals surface area contributed by atoms with Gasteiger partial charge in [0.15, 0.2) is 0 Å². The summed E-state index contributed by atoms with van der Waals surface area (Å²) in [5.74, 6) is 1.35. The highest BCUT2D eigenvalue weighted by Gasteiger charge is 2.24. The van der Waals surface area contributed by atoms with Gasteiger partial charge in [0.2, 0.25) is 0 Å². The zero-order valence-electron chi connectivity index (χ0n) is 18.3. The normalized spacial score (nSPS) is 18.3. The van der Waals surface area contributed by atoms with Crippen molar-refractivity contribution in [3.05, 3.63) is 90.0 Å². The molecule has 0 aromatic heterocycles. The molecule has 0 atom stereocenters. The second kappa shape index (κ2) is 9.05. The number of anilines is 3. The monoisotopic (exact) mass is 411 g/mol. The maximum atomic E-state index is 6.36. The molecule has 0 bridgehead atoms. The molecule has 160 valence electrons. The number of nitrogens with zero attached hydrogens (tertiary/aromatic N) is 2. The summed E-state index contributed by atoms with van der Waals surface area (Å²) in [7, 11) is 0. The van der Waals surface area contributed by atoms with Crippen LogP contribution in [0.1, 0.15) is 48.6 Å². The molecule has 0 spiro atoms. The summed E-state index contributed by atoms with van der Waals surface area (Å²) in [5.41, 5.74) is 12.8. The van der Waals surface area contributed by atoms with E-state index in [1.54, 1.807) is 0 Å². The van der Waals surface area contributed by atoms with E-state index in [-0.39, 0.29) is 0 Å². The van der Waals surface area contributed by atoms with E-state index in [2.05, 4.69) is 88.7 Å². The van der Waals surface area contributed by atoms with E-state index in [9.17, 15) is 0 Å². The zero-order chi connectivity index (χ0) is 21.0. The van der Waals surface area contributed by atoms with Crippen molar-refractivity contribution >= 4 is 17.1 Å². The fraction of sp³-hybridized carbons (Fsp3) is 0.357. The standard InChI is InChI=1S/C28H33N3/c29-26-19-27(30-15-11-24(12-16-30)22-7-3-1-4-8-22)21-28(20-26)31-17-13-25(14-18-31)23-9-5-2-6-10-23/h1-10,19-21,24-25H,11-18,29H2. The van der Waals surface area contributed by atoms with E-state index in [1.165, 1.54) is 48.2 Å². The molecular formula is C28H33N3. The number of nitrogen functional groups attached to an aromatic ring is 1. The summed E-state index contributed by atoms with van der Waals surface area (Å²) >= 11 is 0. The summed E-state index contributed by atoms with van der Waals surface area (Å²) < 4.78 is 0. The van der Waals surface area contributed by atoms with Gasteiger partial charge in [-0.1, -0.05) is 60.7 Å². The lowest BCUT2D eigenvalue weighted by Crippen LogP contribution is -2.34. The smallest absolute Gasteiger partial charge is 0.0407 e. The minimum atomic E-state index is 0.676. The molecule has 2 fully saturated rings. The third-order valence-corrected chi connectivity index (χ3v) is 7.19. The predicted molar refractivity (Wildman–Crippen MR) is 132 cm³/mol. The highest BCUT2D eigenvalue weighted by atomic mass is 15.2. The molecular weight excluding hydrogens is 378 g/mol. The third-order valence-electron chi connectivity index (χ3n) is 7.19. The molecule has 0 amide bonds. The van der Waals surface area contributed by atoms with E-state index in [0.717, 1.165) is 31.9 Å². The van der Waals surface area contributed by atoms with Crippen LogP contribution in [0.25, 0.3) is 0 Å². The van der Waals surface area contributed by atoms with Gasteiger partial charge in [0, 0.05) is 43.2 Å². The minimum Gasteiger partial charge on any atom is -0.399 e. The first-order chi connectivity index (χ1) is 15.3. The third kappa shape index (κ3) is 4.56. The van der Waals surface area contributed by atoms with Crippen molar-refractivity contribution < 1.29 is 0 Å². The lowest BCUT2D eigenvalue weighted by atomic mass is 9.89. The molecule has 2 heterocycles. The first kappa shape index (κ1) is 20.0. The topological polar surface area (TPSA) is 32.5 Å². The fourth-order valence-electron chi connectivity index (χ4n) is 5.38. The van der Waals surface area contributed by atoms with Gasteiger partial charge in [-0.25, -0.2) is 0 Å². The maximum Gasteiger partial charge on any atom is 0.0407 e. The number of nitrogens with two attached hydrogens (primary N) is 1. The minimum absolute atomic E-state index is 0.676. The number of piperidine rings is 2. The Hall–Kier alpha value is -2.94. The Kier molecular flexibility index (Phi) is 5.84. The molecule has 5 rings (SSSR count). The Morgan fingerprint density at radius 2 is 0.935 bits per heavy atom. The largest absolute Gasteiger partial charge is 0.399 e. The molecule has 3 aromatic rings. The summed E-state index contributed by atoms with van der Waals surface area (Å²) in [6.45, 7) is 4.38. The van der Waals surface area contributed by atoms with E-state index in [0.29, 0.717) is 11.8 Å². The molecule has 31 heavy (non-hydrogen) atoms. The van der Waals surface area contributed by atoms with E-state index in [1.807, 2.05) is 0 Å². The van der Waals surface area contributed by atoms with E-state index in [4.69, 9.17) is 5.73 Å². The fourth-order valence-corrected chi connectivity index (χ4v) is 5.38. The first-order valence-corrected chi connectivity index (χ1v) is 11.8. The van der Waals surface area contributed by atoms with Crippen LogP contribution in [0, 0.1) is 0 Å². The molecule has 2 N–H and O–H groups in total. The van der Waals surface area contributed by atoms with Crippen LogP contribution in [-0.2, 0) is 0 Å². The Morgan fingerprint density at radius 1 is 0.548 bits per heavy atom. The average molecular weight is 412 g/mol. The van der Waals surface area contributed by atoms with Crippen molar-refractivity contribution in [3.8, 4) is 0 Å². The predicted octanol–water partition coefficient (Wildman–Crippen LogP) is 6.04. The molecule has 2 saturated heterocycles. The van der Waals surface area contributed by atoms with Gasteiger partial charge in [-0.05, 0) is 66.8 Å². The second-order valence-electron chi connectivity index (χ2n) is 9.13. The average Bonchev–Trinajstić information content (AvgIpc) is 2.85. The van der Waals surface area contributed by atoms with Crippen LogP contribution in [0.2, 0.25) is 0 Å². The van der Waals surface area contributed by atoms with Crippen molar-refractivity contribution in [2.45, 2.75) is 37.5 Å². The molecule has 3 aromatic carbocycles. The SMILES string of the molecule is Nc1cc(N2CCC(c3ccccc3)CC2)cc(N2CCC(c3ccccc3)CC2)c1. The van der Waals surface area contributed by atoms with Gasteiger partial charge in [0.25, 0.3) is 0 Å². The van der Waals surface area contributed by atoms with E-state index < -0.39 is 0 Å². The van der Waals surface area contributed by atoms with Gasteiger partial charge in [-0.15, -0.1) is 0 Å². The number of rotatable bonds is 4. The number of hydrogen-bond acceptors (Lipinski definition) is 3. The molecule has 0 aliphatic carbocycles. The van der Waals surface area contributed by atoms with Crippen LogP contribution in [0.4, 0.5) is 17.1 Å². The highest BCUT2D eigenvalue weighted by Crippen LogP contribution is 2.35. The van der Waals surface area contributed by atoms with Crippen molar-refractivity contribution in [2.24, 2.45) is 0 Å². The first-order valence-electron chi connectivity index (χ1n) is 11.8. The van der Waals surface area contributed by atoms with Crippen molar-refractivity contribution in [1.29, 1.82) is 0 Å². The van der Waals surface area contributed by atoms with Crippen molar-refractivity contribution in [3.63, 3.8) is 0 Å². The van der Waals surface area contributed by atoms with E-state index >= 15 is 0 Å². The van der Waals surface area contributed by atoms with Crippen LogP contribution >= 0.6 is 0 Å². The Labute approximate surface area is 186 Å². The lowest BCUT2D eigenvalue weighted by Gasteiger charge is -2.36. The molecule has 2 aliphatic rings. The van der Waals surface area contributed by atoms with Gasteiger partial charge in [0.1, 0.15) is 0 Å². The van der Waals surface area contributed by atoms with Crippen molar-refractivity contribution in [2.75, 3.05) is 41.7 Å². The molecule has 2 aliphatic heterocycles. The highest BCUT2D eigenvalue weighted by molar-refractivity contribution is 5.68. The van der Waals surface area contributed by atoms with Crippen LogP contribution in [0.3, 0.4) is 0 Å². The van der Waals surface area contributed by atoms with Gasteiger partial charge < -0.3 is 15.5 Å². The molecule has 0 saturated carbocycles. The maximum absolute atomic E-state index is 6.36. The second-order valence-corrected chi connectivity index (χ2v) is 9.13. The van der Waals surface area contributed by atoms with Crippen LogP contribution in [-0.4, -0.2) is 26.2 Å². The molecule has 3 nitrogen and oxygen atoms in total. The quantitative estimate of drug-likeness (QED) is 0.532. The lowest BCUT2D eigenvalue weighted by molar-refractivity contribution is 0.502. The van der Waals surface area contributed by atoms with Gasteiger partial charge in [-0.2, -0.15) is 0 Å². The van der Waals surface area contributed by atoms with Crippen LogP contribution in [0.5, 0.6) is 0 Å². The molecule has 0 unspecified atom stereocenters.